The summed E-state index contributed by atoms with van der Waals surface area (Å²) in [5.74, 6) is 0.864. The van der Waals surface area contributed by atoms with E-state index in [1.165, 1.54) is 18.2 Å². The van der Waals surface area contributed by atoms with Crippen LogP contribution in [0.5, 0.6) is 5.88 Å². The maximum Gasteiger partial charge on any atom is 0.264 e. The van der Waals surface area contributed by atoms with Gasteiger partial charge in [-0.05, 0) is 56.1 Å². The van der Waals surface area contributed by atoms with Crippen LogP contribution in [0.3, 0.4) is 0 Å². The summed E-state index contributed by atoms with van der Waals surface area (Å²) in [7, 11) is 0. The van der Waals surface area contributed by atoms with Crippen LogP contribution >= 0.6 is 12.2 Å². The zero-order valence-electron chi connectivity index (χ0n) is 18.3. The Kier molecular flexibility index (Phi) is 7.05. The van der Waals surface area contributed by atoms with Crippen molar-refractivity contribution in [3.8, 4) is 5.88 Å². The molecule has 0 aliphatic heterocycles. The molecule has 1 aromatic carbocycles. The number of nitrogens with one attached hydrogen (secondary N) is 1. The van der Waals surface area contributed by atoms with Crippen molar-refractivity contribution in [2.45, 2.75) is 57.4 Å². The van der Waals surface area contributed by atoms with Gasteiger partial charge < -0.3 is 9.52 Å². The number of aromatic amines is 1. The fraction of sp³-hybridized carbons (Fsp3) is 0.400. The van der Waals surface area contributed by atoms with E-state index >= 15 is 0 Å². The van der Waals surface area contributed by atoms with Gasteiger partial charge in [0.25, 0.3) is 5.56 Å². The molecule has 1 atom stereocenters. The van der Waals surface area contributed by atoms with Crippen molar-refractivity contribution in [1.82, 2.24) is 9.55 Å². The first-order chi connectivity index (χ1) is 15.5. The molecule has 1 saturated carbocycles. The van der Waals surface area contributed by atoms with Gasteiger partial charge in [-0.3, -0.25) is 19.3 Å². The fourth-order valence-electron chi connectivity index (χ4n) is 4.47. The highest BCUT2D eigenvalue weighted by Gasteiger charge is 2.21. The van der Waals surface area contributed by atoms with Gasteiger partial charge in [0.2, 0.25) is 5.88 Å². The van der Waals surface area contributed by atoms with Gasteiger partial charge in [-0.1, -0.05) is 49.1 Å². The number of aromatic nitrogens is 2. The molecule has 0 bridgehead atoms. The van der Waals surface area contributed by atoms with Crippen LogP contribution < -0.4 is 5.56 Å². The SMILES string of the molecule is Cc1ccc([C@@H](CCN=Cc2c(O)n(C3CCCCC3)c(=S)[nH]c2=O)c2ccco2)cc1. The average molecular weight is 452 g/mol. The Morgan fingerprint density at radius 3 is 2.69 bits per heavy atom. The van der Waals surface area contributed by atoms with E-state index in [0.717, 1.165) is 37.0 Å². The molecule has 1 aliphatic rings. The van der Waals surface area contributed by atoms with Crippen molar-refractivity contribution >= 4 is 18.4 Å². The maximum atomic E-state index is 12.5. The van der Waals surface area contributed by atoms with Crippen molar-refractivity contribution in [3.05, 3.63) is 80.2 Å². The molecule has 7 heteroatoms. The van der Waals surface area contributed by atoms with Crippen molar-refractivity contribution in [3.63, 3.8) is 0 Å². The summed E-state index contributed by atoms with van der Waals surface area (Å²) in [6.45, 7) is 2.55. The second-order valence-electron chi connectivity index (χ2n) is 8.46. The highest BCUT2D eigenvalue weighted by molar-refractivity contribution is 7.71. The molecule has 4 rings (SSSR count). The van der Waals surface area contributed by atoms with E-state index in [4.69, 9.17) is 16.6 Å². The molecule has 0 saturated heterocycles. The molecule has 2 N–H and O–H groups in total. The smallest absolute Gasteiger partial charge is 0.264 e. The van der Waals surface area contributed by atoms with Gasteiger partial charge in [0.15, 0.2) is 4.77 Å². The Morgan fingerprint density at radius 2 is 2.00 bits per heavy atom. The summed E-state index contributed by atoms with van der Waals surface area (Å²) in [5.41, 5.74) is 2.11. The van der Waals surface area contributed by atoms with Crippen molar-refractivity contribution in [2.24, 2.45) is 4.99 Å². The summed E-state index contributed by atoms with van der Waals surface area (Å²) >= 11 is 5.34. The first-order valence-electron chi connectivity index (χ1n) is 11.2. The zero-order chi connectivity index (χ0) is 22.5. The number of furan rings is 1. The summed E-state index contributed by atoms with van der Waals surface area (Å²) < 4.78 is 7.63. The average Bonchev–Trinajstić information content (AvgIpc) is 3.31. The first kappa shape index (κ1) is 22.3. The highest BCUT2D eigenvalue weighted by atomic mass is 32.1. The molecule has 1 fully saturated rings. The molecular weight excluding hydrogens is 422 g/mol. The van der Waals surface area contributed by atoms with Crippen LogP contribution in [0.25, 0.3) is 0 Å². The number of hydrogen-bond acceptors (Lipinski definition) is 5. The lowest BCUT2D eigenvalue weighted by molar-refractivity contribution is 0.303. The second kappa shape index (κ2) is 10.1. The predicted molar refractivity (Wildman–Crippen MR) is 128 cm³/mol. The Balaban J connectivity index is 1.53. The number of H-pyrrole nitrogens is 1. The molecular formula is C25H29N3O3S. The predicted octanol–water partition coefficient (Wildman–Crippen LogP) is 5.66. The molecule has 168 valence electrons. The van der Waals surface area contributed by atoms with E-state index in [0.29, 0.717) is 13.0 Å². The molecule has 0 radical (unpaired) electrons. The normalized spacial score (nSPS) is 15.9. The third-order valence-corrected chi connectivity index (χ3v) is 6.53. The number of aliphatic imine (C=N–C) groups is 1. The van der Waals surface area contributed by atoms with Gasteiger partial charge in [-0.15, -0.1) is 0 Å². The minimum absolute atomic E-state index is 0.0665. The van der Waals surface area contributed by atoms with E-state index in [2.05, 4.69) is 41.2 Å². The van der Waals surface area contributed by atoms with Gasteiger partial charge in [-0.2, -0.15) is 0 Å². The number of aryl methyl sites for hydroxylation is 1. The first-order valence-corrected chi connectivity index (χ1v) is 11.6. The quantitative estimate of drug-likeness (QED) is 0.359. The van der Waals surface area contributed by atoms with Gasteiger partial charge in [0.05, 0.1) is 6.26 Å². The largest absolute Gasteiger partial charge is 0.494 e. The van der Waals surface area contributed by atoms with Crippen LogP contribution in [0.2, 0.25) is 0 Å². The summed E-state index contributed by atoms with van der Waals surface area (Å²) in [6, 6.07) is 12.4. The fourth-order valence-corrected chi connectivity index (χ4v) is 4.80. The monoisotopic (exact) mass is 451 g/mol. The topological polar surface area (TPSA) is 83.5 Å². The van der Waals surface area contributed by atoms with Crippen LogP contribution in [0, 0.1) is 11.7 Å². The summed E-state index contributed by atoms with van der Waals surface area (Å²) in [5, 5.41) is 10.8. The molecule has 0 unspecified atom stereocenters. The second-order valence-corrected chi connectivity index (χ2v) is 8.85. The Labute approximate surface area is 192 Å². The van der Waals surface area contributed by atoms with E-state index in [1.54, 1.807) is 10.8 Å². The van der Waals surface area contributed by atoms with Crippen LogP contribution in [-0.4, -0.2) is 27.4 Å². The van der Waals surface area contributed by atoms with E-state index < -0.39 is 5.56 Å². The van der Waals surface area contributed by atoms with Gasteiger partial charge in [0.1, 0.15) is 11.3 Å². The van der Waals surface area contributed by atoms with Gasteiger partial charge >= 0.3 is 0 Å². The number of benzene rings is 1. The number of aromatic hydroxyl groups is 1. The van der Waals surface area contributed by atoms with Crippen LogP contribution in [0.15, 0.2) is 56.9 Å². The Hall–Kier alpha value is -2.93. The van der Waals surface area contributed by atoms with Crippen LogP contribution in [0.4, 0.5) is 0 Å². The van der Waals surface area contributed by atoms with E-state index in [9.17, 15) is 9.90 Å². The minimum Gasteiger partial charge on any atom is -0.494 e. The molecule has 6 nitrogen and oxygen atoms in total. The summed E-state index contributed by atoms with van der Waals surface area (Å²) in [6.07, 6.45) is 9.16. The standard InChI is InChI=1S/C25H29N3O3S/c1-17-9-11-18(12-10-17)20(22-8-5-15-31-22)13-14-26-16-21-23(29)27-25(32)28(24(21)30)19-6-3-2-4-7-19/h5,8-12,15-16,19-20,30H,2-4,6-7,13-14H2,1H3,(H,27,29,32)/t20-/m1/s1. The minimum atomic E-state index is -0.413. The molecule has 1 aliphatic carbocycles. The van der Waals surface area contributed by atoms with E-state index in [1.807, 2.05) is 12.1 Å². The molecule has 0 spiro atoms. The van der Waals surface area contributed by atoms with Crippen molar-refractivity contribution in [2.75, 3.05) is 6.54 Å². The van der Waals surface area contributed by atoms with Gasteiger partial charge in [-0.25, -0.2) is 0 Å². The third-order valence-electron chi connectivity index (χ3n) is 6.23. The lowest BCUT2D eigenvalue weighted by atomic mass is 9.92. The van der Waals surface area contributed by atoms with Crippen molar-refractivity contribution < 1.29 is 9.52 Å². The molecule has 32 heavy (non-hydrogen) atoms. The van der Waals surface area contributed by atoms with Gasteiger partial charge in [0, 0.05) is 24.7 Å². The van der Waals surface area contributed by atoms with Crippen molar-refractivity contribution in [1.29, 1.82) is 0 Å². The Bertz CT molecular complexity index is 1170. The molecule has 0 amide bonds. The highest BCUT2D eigenvalue weighted by Crippen LogP contribution is 2.32. The molecule has 3 aromatic rings. The number of rotatable bonds is 7. The van der Waals surface area contributed by atoms with Crippen LogP contribution in [-0.2, 0) is 0 Å². The lowest BCUT2D eigenvalue weighted by Gasteiger charge is -2.25. The zero-order valence-corrected chi connectivity index (χ0v) is 19.1. The number of nitrogens with zero attached hydrogens (tertiary/aromatic N) is 2. The number of hydrogen-bond donors (Lipinski definition) is 2. The van der Waals surface area contributed by atoms with E-state index in [-0.39, 0.29) is 28.2 Å². The molecule has 2 aromatic heterocycles. The maximum absolute atomic E-state index is 12.5. The van der Waals surface area contributed by atoms with Crippen LogP contribution in [0.1, 0.15) is 72.9 Å². The Morgan fingerprint density at radius 1 is 1.25 bits per heavy atom. The summed E-state index contributed by atoms with van der Waals surface area (Å²) in [4.78, 5) is 19.6. The third kappa shape index (κ3) is 4.93. The lowest BCUT2D eigenvalue weighted by Crippen LogP contribution is -2.23. The molecule has 2 heterocycles.